The van der Waals surface area contributed by atoms with E-state index in [0.29, 0.717) is 27.8 Å². The van der Waals surface area contributed by atoms with Crippen LogP contribution < -0.4 is 4.72 Å². The zero-order valence-electron chi connectivity index (χ0n) is 13.8. The van der Waals surface area contributed by atoms with E-state index in [1.54, 1.807) is 56.4 Å². The van der Waals surface area contributed by atoms with Gasteiger partial charge in [-0.25, -0.2) is 18.1 Å². The van der Waals surface area contributed by atoms with Crippen LogP contribution in [-0.4, -0.2) is 13.4 Å². The van der Waals surface area contributed by atoms with Gasteiger partial charge in [0.1, 0.15) is 0 Å². The highest BCUT2D eigenvalue weighted by Gasteiger charge is 2.18. The van der Waals surface area contributed by atoms with Gasteiger partial charge in [0.15, 0.2) is 11.7 Å². The third-order valence-corrected chi connectivity index (χ3v) is 5.56. The normalized spacial score (nSPS) is 11.6. The average molecular weight is 377 g/mol. The third kappa shape index (κ3) is 4.10. The molecule has 1 aromatic heterocycles. The lowest BCUT2D eigenvalue weighted by molar-refractivity contribution is 0.534. The van der Waals surface area contributed by atoms with Crippen LogP contribution in [0.5, 0.6) is 0 Å². The van der Waals surface area contributed by atoms with Crippen molar-refractivity contribution in [3.63, 3.8) is 0 Å². The molecule has 3 aromatic rings. The number of oxazole rings is 1. The number of aryl methyl sites for hydroxylation is 2. The van der Waals surface area contributed by atoms with Gasteiger partial charge in [0, 0.05) is 24.1 Å². The zero-order valence-corrected chi connectivity index (χ0v) is 15.4. The van der Waals surface area contributed by atoms with Gasteiger partial charge < -0.3 is 4.42 Å². The molecule has 5 nitrogen and oxygen atoms in total. The summed E-state index contributed by atoms with van der Waals surface area (Å²) in [5, 5.41) is 0.609. The lowest BCUT2D eigenvalue weighted by Crippen LogP contribution is -2.24. The topological polar surface area (TPSA) is 72.2 Å². The molecule has 0 amide bonds. The van der Waals surface area contributed by atoms with Crippen LogP contribution in [0.25, 0.3) is 11.3 Å². The number of nitrogens with zero attached hydrogens (tertiary/aromatic N) is 1. The Kier molecular flexibility index (Phi) is 4.94. The van der Waals surface area contributed by atoms with Crippen LogP contribution in [0, 0.1) is 13.8 Å². The van der Waals surface area contributed by atoms with Crippen molar-refractivity contribution in [3.05, 3.63) is 70.7 Å². The Bertz CT molecular complexity index is 995. The molecular weight excluding hydrogens is 360 g/mol. The summed E-state index contributed by atoms with van der Waals surface area (Å²) in [6.45, 7) is 3.68. The summed E-state index contributed by atoms with van der Waals surface area (Å²) in [7, 11) is -3.67. The van der Waals surface area contributed by atoms with Crippen molar-refractivity contribution < 1.29 is 12.8 Å². The van der Waals surface area contributed by atoms with Gasteiger partial charge in [0.25, 0.3) is 0 Å². The standard InChI is InChI=1S/C18H17ClN2O3S/c1-12-3-6-15(17-11-20-13(2)24-17)9-18(12)25(22,23)21-10-14-4-7-16(19)8-5-14/h3-9,11,21H,10H2,1-2H3. The Hall–Kier alpha value is -2.15. The van der Waals surface area contributed by atoms with Crippen molar-refractivity contribution in [2.45, 2.75) is 25.3 Å². The molecule has 0 radical (unpaired) electrons. The Morgan fingerprint density at radius 2 is 1.84 bits per heavy atom. The molecule has 25 heavy (non-hydrogen) atoms. The third-order valence-electron chi connectivity index (χ3n) is 3.76. The summed E-state index contributed by atoms with van der Waals surface area (Å²) in [5.41, 5.74) is 2.15. The molecule has 1 heterocycles. The zero-order chi connectivity index (χ0) is 18.0. The molecule has 0 aliphatic rings. The summed E-state index contributed by atoms with van der Waals surface area (Å²) in [4.78, 5) is 4.26. The van der Waals surface area contributed by atoms with Gasteiger partial charge in [0.05, 0.1) is 11.1 Å². The van der Waals surface area contributed by atoms with Crippen LogP contribution >= 0.6 is 11.6 Å². The Morgan fingerprint density at radius 1 is 1.12 bits per heavy atom. The first-order chi connectivity index (χ1) is 11.8. The molecule has 0 aliphatic heterocycles. The van der Waals surface area contributed by atoms with Gasteiger partial charge >= 0.3 is 0 Å². The second-order valence-electron chi connectivity index (χ2n) is 5.67. The monoisotopic (exact) mass is 376 g/mol. The molecule has 0 bridgehead atoms. The van der Waals surface area contributed by atoms with Crippen LogP contribution in [0.1, 0.15) is 17.0 Å². The fourth-order valence-corrected chi connectivity index (χ4v) is 3.81. The van der Waals surface area contributed by atoms with E-state index in [1.165, 1.54) is 0 Å². The van der Waals surface area contributed by atoms with E-state index in [9.17, 15) is 8.42 Å². The predicted octanol–water partition coefficient (Wildman–Crippen LogP) is 4.09. The number of halogens is 1. The first-order valence-corrected chi connectivity index (χ1v) is 9.49. The molecule has 130 valence electrons. The van der Waals surface area contributed by atoms with Gasteiger partial charge in [-0.15, -0.1) is 0 Å². The minimum atomic E-state index is -3.67. The average Bonchev–Trinajstić information content (AvgIpc) is 3.01. The minimum absolute atomic E-state index is 0.185. The smallest absolute Gasteiger partial charge is 0.241 e. The SMILES string of the molecule is Cc1ncc(-c2ccc(C)c(S(=O)(=O)NCc3ccc(Cl)cc3)c2)o1. The van der Waals surface area contributed by atoms with Crippen LogP contribution in [0.15, 0.2) is 58.0 Å². The number of sulfonamides is 1. The number of benzene rings is 2. The van der Waals surface area contributed by atoms with Gasteiger partial charge in [0.2, 0.25) is 10.0 Å². The highest BCUT2D eigenvalue weighted by molar-refractivity contribution is 7.89. The lowest BCUT2D eigenvalue weighted by Gasteiger charge is -2.11. The largest absolute Gasteiger partial charge is 0.441 e. The summed E-state index contributed by atoms with van der Waals surface area (Å²) < 4.78 is 33.5. The van der Waals surface area contributed by atoms with Crippen LogP contribution in [0.4, 0.5) is 0 Å². The van der Waals surface area contributed by atoms with E-state index in [0.717, 1.165) is 5.56 Å². The van der Waals surface area contributed by atoms with Crippen molar-refractivity contribution in [3.8, 4) is 11.3 Å². The van der Waals surface area contributed by atoms with Crippen molar-refractivity contribution in [1.82, 2.24) is 9.71 Å². The molecule has 0 saturated heterocycles. The predicted molar refractivity (Wildman–Crippen MR) is 96.9 cm³/mol. The van der Waals surface area contributed by atoms with Crippen LogP contribution in [0.2, 0.25) is 5.02 Å². The summed E-state index contributed by atoms with van der Waals surface area (Å²) in [6, 6.07) is 12.2. The molecule has 0 aliphatic carbocycles. The molecule has 1 N–H and O–H groups in total. The van der Waals surface area contributed by atoms with Crippen LogP contribution in [0.3, 0.4) is 0 Å². The first-order valence-electron chi connectivity index (χ1n) is 7.63. The Morgan fingerprint density at radius 3 is 2.48 bits per heavy atom. The van der Waals surface area contributed by atoms with E-state index >= 15 is 0 Å². The number of hydrogen-bond acceptors (Lipinski definition) is 4. The molecular formula is C18H17ClN2O3S. The molecule has 0 spiro atoms. The van der Waals surface area contributed by atoms with Crippen molar-refractivity contribution in [2.75, 3.05) is 0 Å². The molecule has 0 atom stereocenters. The van der Waals surface area contributed by atoms with Gasteiger partial charge in [-0.3, -0.25) is 0 Å². The molecule has 7 heteroatoms. The van der Waals surface area contributed by atoms with Crippen molar-refractivity contribution in [2.24, 2.45) is 0 Å². The second kappa shape index (κ2) is 7.00. The quantitative estimate of drug-likeness (QED) is 0.727. The van der Waals surface area contributed by atoms with Gasteiger partial charge in [-0.2, -0.15) is 0 Å². The molecule has 0 unspecified atom stereocenters. The fourth-order valence-electron chi connectivity index (χ4n) is 2.40. The maximum absolute atomic E-state index is 12.7. The van der Waals surface area contributed by atoms with Crippen LogP contribution in [-0.2, 0) is 16.6 Å². The Labute approximate surface area is 151 Å². The van der Waals surface area contributed by atoms with Crippen molar-refractivity contribution in [1.29, 1.82) is 0 Å². The lowest BCUT2D eigenvalue weighted by atomic mass is 10.1. The van der Waals surface area contributed by atoms with Crippen molar-refractivity contribution >= 4 is 21.6 Å². The molecule has 0 fully saturated rings. The number of rotatable bonds is 5. The number of nitrogens with one attached hydrogen (secondary N) is 1. The van der Waals surface area contributed by atoms with E-state index in [4.69, 9.17) is 16.0 Å². The van der Waals surface area contributed by atoms with E-state index in [-0.39, 0.29) is 11.4 Å². The fraction of sp³-hybridized carbons (Fsp3) is 0.167. The number of aromatic nitrogens is 1. The molecule has 2 aromatic carbocycles. The highest BCUT2D eigenvalue weighted by Crippen LogP contribution is 2.25. The Balaban J connectivity index is 1.87. The van der Waals surface area contributed by atoms with E-state index < -0.39 is 10.0 Å². The molecule has 0 saturated carbocycles. The van der Waals surface area contributed by atoms with E-state index in [1.807, 2.05) is 6.07 Å². The summed E-state index contributed by atoms with van der Waals surface area (Å²) >= 11 is 5.84. The maximum atomic E-state index is 12.7. The first kappa shape index (κ1) is 17.7. The highest BCUT2D eigenvalue weighted by atomic mass is 35.5. The maximum Gasteiger partial charge on any atom is 0.241 e. The van der Waals surface area contributed by atoms with E-state index in [2.05, 4.69) is 9.71 Å². The number of hydrogen-bond donors (Lipinski definition) is 1. The molecule has 3 rings (SSSR count). The minimum Gasteiger partial charge on any atom is -0.441 e. The summed E-state index contributed by atoms with van der Waals surface area (Å²) in [6.07, 6.45) is 1.58. The van der Waals surface area contributed by atoms with Gasteiger partial charge in [-0.1, -0.05) is 35.9 Å². The van der Waals surface area contributed by atoms with Gasteiger partial charge in [-0.05, 0) is 36.2 Å². The second-order valence-corrected chi connectivity index (χ2v) is 7.85. The summed E-state index contributed by atoms with van der Waals surface area (Å²) in [5.74, 6) is 1.06.